The third-order valence-electron chi connectivity index (χ3n) is 1.79. The van der Waals surface area contributed by atoms with E-state index >= 15 is 0 Å². The smallest absolute Gasteiger partial charge is 0.269 e. The Kier molecular flexibility index (Phi) is 3.11. The number of carbonyl (C=O) groups excluding carboxylic acids is 1. The first kappa shape index (κ1) is 11.7. The number of phenolic OH excluding ortho intramolecular Hbond substituents is 1. The van der Waals surface area contributed by atoms with Crippen LogP contribution in [0.3, 0.4) is 0 Å². The van der Waals surface area contributed by atoms with Crippen LogP contribution in [0.2, 0.25) is 0 Å². The quantitative estimate of drug-likeness (QED) is 0.596. The van der Waals surface area contributed by atoms with Gasteiger partial charge in [0.05, 0.1) is 5.56 Å². The summed E-state index contributed by atoms with van der Waals surface area (Å²) in [6.07, 6.45) is 0. The van der Waals surface area contributed by atoms with Gasteiger partial charge in [-0.05, 0) is 24.6 Å². The van der Waals surface area contributed by atoms with Gasteiger partial charge in [-0.25, -0.2) is 0 Å². The summed E-state index contributed by atoms with van der Waals surface area (Å²) in [5.41, 5.74) is 0.289. The highest BCUT2D eigenvalue weighted by atomic mass is 32.2. The van der Waals surface area contributed by atoms with E-state index in [4.69, 9.17) is 4.55 Å². The minimum absolute atomic E-state index is 0.0381. The molecule has 0 saturated carbocycles. The fraction of sp³-hybridized carbons (Fsp3) is 0.222. The molecule has 82 valence electrons. The van der Waals surface area contributed by atoms with Crippen molar-refractivity contribution in [3.8, 4) is 5.75 Å². The predicted octanol–water partition coefficient (Wildman–Crippen LogP) is 0.983. The highest BCUT2D eigenvalue weighted by Crippen LogP contribution is 2.19. The molecule has 0 aliphatic heterocycles. The van der Waals surface area contributed by atoms with E-state index in [1.54, 1.807) is 0 Å². The number of aromatic hydroxyl groups is 1. The van der Waals surface area contributed by atoms with Gasteiger partial charge in [0.2, 0.25) is 0 Å². The molecule has 0 amide bonds. The minimum atomic E-state index is -4.13. The molecular weight excluding hydrogens is 220 g/mol. The van der Waals surface area contributed by atoms with E-state index in [-0.39, 0.29) is 22.7 Å². The van der Waals surface area contributed by atoms with Gasteiger partial charge < -0.3 is 5.11 Å². The molecule has 0 aromatic heterocycles. The predicted molar refractivity (Wildman–Crippen MR) is 53.4 cm³/mol. The number of ketones is 1. The van der Waals surface area contributed by atoms with Crippen molar-refractivity contribution in [1.29, 1.82) is 0 Å². The SMILES string of the molecule is CC(=O)c1cc(CS(=O)(=O)O)ccc1O. The van der Waals surface area contributed by atoms with Crippen LogP contribution < -0.4 is 0 Å². The van der Waals surface area contributed by atoms with E-state index in [1.807, 2.05) is 0 Å². The number of hydrogen-bond acceptors (Lipinski definition) is 4. The van der Waals surface area contributed by atoms with Crippen LogP contribution in [0.5, 0.6) is 5.75 Å². The summed E-state index contributed by atoms with van der Waals surface area (Å²) in [6.45, 7) is 1.26. The number of phenols is 1. The highest BCUT2D eigenvalue weighted by molar-refractivity contribution is 7.85. The van der Waals surface area contributed by atoms with Gasteiger partial charge in [-0.3, -0.25) is 9.35 Å². The minimum Gasteiger partial charge on any atom is -0.507 e. The molecule has 0 unspecified atom stereocenters. The van der Waals surface area contributed by atoms with Crippen molar-refractivity contribution < 1.29 is 22.9 Å². The molecule has 1 aromatic carbocycles. The monoisotopic (exact) mass is 230 g/mol. The van der Waals surface area contributed by atoms with Gasteiger partial charge in [0, 0.05) is 0 Å². The normalized spacial score (nSPS) is 11.3. The molecule has 15 heavy (non-hydrogen) atoms. The summed E-state index contributed by atoms with van der Waals surface area (Å²) >= 11 is 0. The lowest BCUT2D eigenvalue weighted by Crippen LogP contribution is -2.03. The summed E-state index contributed by atoms with van der Waals surface area (Å²) in [5.74, 6) is -1.15. The lowest BCUT2D eigenvalue weighted by molar-refractivity contribution is 0.101. The molecule has 0 bridgehead atoms. The Balaban J connectivity index is 3.14. The third kappa shape index (κ3) is 3.34. The zero-order chi connectivity index (χ0) is 11.6. The molecule has 6 heteroatoms. The first-order valence-corrected chi connectivity index (χ1v) is 5.68. The fourth-order valence-corrected chi connectivity index (χ4v) is 1.77. The molecule has 0 heterocycles. The van der Waals surface area contributed by atoms with Crippen molar-refractivity contribution in [2.45, 2.75) is 12.7 Å². The number of carbonyl (C=O) groups is 1. The van der Waals surface area contributed by atoms with Gasteiger partial charge in [-0.1, -0.05) is 6.07 Å². The first-order chi connectivity index (χ1) is 6.79. The van der Waals surface area contributed by atoms with Crippen LogP contribution in [0.4, 0.5) is 0 Å². The van der Waals surface area contributed by atoms with Crippen LogP contribution in [0.1, 0.15) is 22.8 Å². The van der Waals surface area contributed by atoms with Crippen molar-refractivity contribution in [2.75, 3.05) is 0 Å². The number of rotatable bonds is 3. The molecule has 0 atom stereocenters. The maximum Gasteiger partial charge on any atom is 0.269 e. The van der Waals surface area contributed by atoms with E-state index in [2.05, 4.69) is 0 Å². The van der Waals surface area contributed by atoms with Crippen LogP contribution >= 0.6 is 0 Å². The molecule has 0 radical (unpaired) electrons. The molecule has 0 aliphatic rings. The summed E-state index contributed by atoms with van der Waals surface area (Å²) < 4.78 is 29.7. The van der Waals surface area contributed by atoms with Gasteiger partial charge in [-0.2, -0.15) is 8.42 Å². The fourth-order valence-electron chi connectivity index (χ4n) is 1.17. The average molecular weight is 230 g/mol. The van der Waals surface area contributed by atoms with Crippen molar-refractivity contribution in [2.24, 2.45) is 0 Å². The Morgan fingerprint density at radius 1 is 1.40 bits per heavy atom. The molecule has 1 aromatic rings. The zero-order valence-corrected chi connectivity index (χ0v) is 8.78. The van der Waals surface area contributed by atoms with Crippen molar-refractivity contribution in [3.63, 3.8) is 0 Å². The molecule has 2 N–H and O–H groups in total. The Labute approximate surface area is 87.1 Å². The second kappa shape index (κ2) is 4.00. The van der Waals surface area contributed by atoms with Gasteiger partial charge in [-0.15, -0.1) is 0 Å². The second-order valence-corrected chi connectivity index (χ2v) is 4.59. The number of hydrogen-bond donors (Lipinski definition) is 2. The Morgan fingerprint density at radius 3 is 2.47 bits per heavy atom. The first-order valence-electron chi connectivity index (χ1n) is 4.07. The van der Waals surface area contributed by atoms with E-state index in [0.29, 0.717) is 0 Å². The Bertz CT molecular complexity index is 489. The van der Waals surface area contributed by atoms with Gasteiger partial charge in [0.15, 0.2) is 5.78 Å². The van der Waals surface area contributed by atoms with Crippen molar-refractivity contribution in [1.82, 2.24) is 0 Å². The lowest BCUT2D eigenvalue weighted by Gasteiger charge is -2.03. The second-order valence-electron chi connectivity index (χ2n) is 3.13. The van der Waals surface area contributed by atoms with Crippen LogP contribution in [0, 0.1) is 0 Å². The lowest BCUT2D eigenvalue weighted by atomic mass is 10.1. The van der Waals surface area contributed by atoms with Crippen molar-refractivity contribution in [3.05, 3.63) is 29.3 Å². The molecule has 0 saturated heterocycles. The maximum atomic E-state index is 11.0. The maximum absolute atomic E-state index is 11.0. The highest BCUT2D eigenvalue weighted by Gasteiger charge is 2.11. The van der Waals surface area contributed by atoms with Crippen LogP contribution in [-0.4, -0.2) is 23.9 Å². The zero-order valence-electron chi connectivity index (χ0n) is 7.97. The van der Waals surface area contributed by atoms with E-state index in [0.717, 1.165) is 0 Å². The average Bonchev–Trinajstić information content (AvgIpc) is 2.05. The summed E-state index contributed by atoms with van der Waals surface area (Å²) in [4.78, 5) is 11.0. The summed E-state index contributed by atoms with van der Waals surface area (Å²) in [5, 5.41) is 9.27. The van der Waals surface area contributed by atoms with Gasteiger partial charge in [0.1, 0.15) is 11.5 Å². The number of Topliss-reactive ketones (excluding diaryl/α,β-unsaturated/α-hetero) is 1. The van der Waals surface area contributed by atoms with Crippen LogP contribution in [0.25, 0.3) is 0 Å². The largest absolute Gasteiger partial charge is 0.507 e. The standard InChI is InChI=1S/C9H10O5S/c1-6(10)8-4-7(2-3-9(8)11)5-15(12,13)14/h2-4,11H,5H2,1H3,(H,12,13,14). The molecule has 0 spiro atoms. The number of benzene rings is 1. The molecule has 5 nitrogen and oxygen atoms in total. The van der Waals surface area contributed by atoms with Crippen molar-refractivity contribution >= 4 is 15.9 Å². The molecule has 0 aliphatic carbocycles. The van der Waals surface area contributed by atoms with E-state index < -0.39 is 15.9 Å². The molecule has 1 rings (SSSR count). The Morgan fingerprint density at radius 2 is 2.00 bits per heavy atom. The molecule has 0 fully saturated rings. The van der Waals surface area contributed by atoms with Gasteiger partial charge in [0.25, 0.3) is 10.1 Å². The van der Waals surface area contributed by atoms with E-state index in [9.17, 15) is 18.3 Å². The Hall–Kier alpha value is -1.40. The topological polar surface area (TPSA) is 91.7 Å². The van der Waals surface area contributed by atoms with Crippen LogP contribution in [0.15, 0.2) is 18.2 Å². The summed E-state index contributed by atoms with van der Waals surface area (Å²) in [6, 6.07) is 3.79. The summed E-state index contributed by atoms with van der Waals surface area (Å²) in [7, 11) is -4.13. The molecular formula is C9H10O5S. The van der Waals surface area contributed by atoms with Gasteiger partial charge >= 0.3 is 0 Å². The third-order valence-corrected chi connectivity index (χ3v) is 2.49. The van der Waals surface area contributed by atoms with E-state index in [1.165, 1.54) is 25.1 Å². The van der Waals surface area contributed by atoms with Crippen LogP contribution in [-0.2, 0) is 15.9 Å².